The van der Waals surface area contributed by atoms with E-state index in [1.54, 1.807) is 11.7 Å². The summed E-state index contributed by atoms with van der Waals surface area (Å²) in [5.41, 5.74) is 4.86. The molecule has 24 heavy (non-hydrogen) atoms. The maximum absolute atomic E-state index is 11.5. The van der Waals surface area contributed by atoms with Gasteiger partial charge in [-0.2, -0.15) is 0 Å². The monoisotopic (exact) mass is 328 g/mol. The second kappa shape index (κ2) is 5.25. The summed E-state index contributed by atoms with van der Waals surface area (Å²) in [6.07, 6.45) is 8.09. The van der Waals surface area contributed by atoms with Gasteiger partial charge in [-0.05, 0) is 49.1 Å². The van der Waals surface area contributed by atoms with Crippen LogP contribution in [0.1, 0.15) is 47.3 Å². The fraction of sp³-hybridized carbons (Fsp3) is 0.667. The molecular weight excluding hydrogens is 304 g/mol. The van der Waals surface area contributed by atoms with Crippen LogP contribution in [0.4, 0.5) is 0 Å². The van der Waals surface area contributed by atoms with Crippen molar-refractivity contribution in [3.05, 3.63) is 29.1 Å². The van der Waals surface area contributed by atoms with Gasteiger partial charge in [-0.25, -0.2) is 5.48 Å². The topological polar surface area (TPSA) is 68.7 Å². The van der Waals surface area contributed by atoms with E-state index in [0.717, 1.165) is 42.9 Å². The molecule has 1 aromatic heterocycles. The maximum Gasteiger partial charge on any atom is 0.276 e. The number of carbonyl (C=O) groups is 1. The molecule has 1 aromatic rings. The van der Waals surface area contributed by atoms with Gasteiger partial charge in [0.05, 0.1) is 11.3 Å². The number of hydrogen-bond acceptors (Lipinski definition) is 5. The van der Waals surface area contributed by atoms with Gasteiger partial charge >= 0.3 is 0 Å². The number of nitrogens with zero attached hydrogens (tertiary/aromatic N) is 3. The zero-order valence-electron chi connectivity index (χ0n) is 13.9. The first kappa shape index (κ1) is 14.8. The third kappa shape index (κ3) is 2.36. The number of nitrogens with one attached hydrogen (secondary N) is 1. The predicted molar refractivity (Wildman–Crippen MR) is 87.7 cm³/mol. The standard InChI is InChI=1S/C18H24N4O2/c23-17(20-24)13-5-12-3-4-21(9-16(12)19-8-13)10-18-6-15(7-18)22(11-18)14-1-2-14/h5,8,14-15,24H,1-4,6-7,9-11H2,(H,20,23). The molecule has 3 aliphatic heterocycles. The van der Waals surface area contributed by atoms with E-state index in [1.807, 2.05) is 6.07 Å². The second-order valence-corrected chi connectivity index (χ2v) is 8.20. The maximum atomic E-state index is 11.5. The molecular formula is C18H24N4O2. The predicted octanol–water partition coefficient (Wildman–Crippen LogP) is 1.19. The molecule has 2 saturated carbocycles. The average Bonchev–Trinajstić information content (AvgIpc) is 3.28. The van der Waals surface area contributed by atoms with E-state index < -0.39 is 5.91 Å². The zero-order chi connectivity index (χ0) is 16.3. The molecule has 128 valence electrons. The first-order valence-corrected chi connectivity index (χ1v) is 9.06. The van der Waals surface area contributed by atoms with E-state index in [4.69, 9.17) is 5.21 Å². The van der Waals surface area contributed by atoms with Crippen LogP contribution in [0.15, 0.2) is 12.3 Å². The first-order chi connectivity index (χ1) is 11.7. The molecule has 2 bridgehead atoms. The van der Waals surface area contributed by atoms with Gasteiger partial charge in [-0.1, -0.05) is 0 Å². The third-order valence-electron chi connectivity index (χ3n) is 6.39. The van der Waals surface area contributed by atoms with Crippen molar-refractivity contribution in [1.82, 2.24) is 20.3 Å². The summed E-state index contributed by atoms with van der Waals surface area (Å²) in [6, 6.07) is 3.64. The Morgan fingerprint density at radius 1 is 1.38 bits per heavy atom. The van der Waals surface area contributed by atoms with Gasteiger partial charge in [0.1, 0.15) is 0 Å². The number of rotatable bonds is 4. The fourth-order valence-electron chi connectivity index (χ4n) is 5.10. The van der Waals surface area contributed by atoms with Gasteiger partial charge in [0.15, 0.2) is 0 Å². The average molecular weight is 328 g/mol. The highest BCUT2D eigenvalue weighted by molar-refractivity contribution is 5.93. The van der Waals surface area contributed by atoms with Crippen LogP contribution in [0.25, 0.3) is 0 Å². The van der Waals surface area contributed by atoms with Gasteiger partial charge in [0.2, 0.25) is 0 Å². The minimum Gasteiger partial charge on any atom is -0.297 e. The number of aromatic nitrogens is 1. The van der Waals surface area contributed by atoms with Crippen molar-refractivity contribution in [3.8, 4) is 0 Å². The number of fused-ring (bicyclic) bond motifs is 2. The highest BCUT2D eigenvalue weighted by atomic mass is 16.5. The number of pyridine rings is 1. The van der Waals surface area contributed by atoms with Gasteiger partial charge < -0.3 is 0 Å². The van der Waals surface area contributed by atoms with E-state index in [0.29, 0.717) is 11.0 Å². The summed E-state index contributed by atoms with van der Waals surface area (Å²) in [7, 11) is 0. The fourth-order valence-corrected chi connectivity index (χ4v) is 5.10. The van der Waals surface area contributed by atoms with Crippen molar-refractivity contribution in [1.29, 1.82) is 0 Å². The van der Waals surface area contributed by atoms with Crippen molar-refractivity contribution < 1.29 is 10.0 Å². The van der Waals surface area contributed by atoms with Crippen molar-refractivity contribution in [2.24, 2.45) is 5.41 Å². The minimum atomic E-state index is -0.488. The van der Waals surface area contributed by atoms with Crippen LogP contribution in [-0.2, 0) is 13.0 Å². The molecule has 4 fully saturated rings. The molecule has 6 rings (SSSR count). The Kier molecular flexibility index (Phi) is 3.24. The largest absolute Gasteiger partial charge is 0.297 e. The van der Waals surface area contributed by atoms with Crippen LogP contribution in [-0.4, -0.2) is 57.6 Å². The van der Waals surface area contributed by atoms with Gasteiger partial charge in [0, 0.05) is 44.5 Å². The second-order valence-electron chi connectivity index (χ2n) is 8.20. The smallest absolute Gasteiger partial charge is 0.276 e. The summed E-state index contributed by atoms with van der Waals surface area (Å²) < 4.78 is 0. The van der Waals surface area contributed by atoms with Gasteiger partial charge in [-0.3, -0.25) is 24.8 Å². The van der Waals surface area contributed by atoms with E-state index in [1.165, 1.54) is 38.8 Å². The molecule has 6 heteroatoms. The van der Waals surface area contributed by atoms with Crippen LogP contribution in [0.3, 0.4) is 0 Å². The van der Waals surface area contributed by atoms with Crippen molar-refractivity contribution in [2.75, 3.05) is 19.6 Å². The highest BCUT2D eigenvalue weighted by Gasteiger charge is 2.58. The lowest BCUT2D eigenvalue weighted by Gasteiger charge is -2.42. The van der Waals surface area contributed by atoms with Crippen LogP contribution in [0.2, 0.25) is 0 Å². The molecule has 2 saturated heterocycles. The Morgan fingerprint density at radius 2 is 2.21 bits per heavy atom. The Labute approximate surface area is 141 Å². The molecule has 6 nitrogen and oxygen atoms in total. The summed E-state index contributed by atoms with van der Waals surface area (Å²) in [5.74, 6) is -0.488. The lowest BCUT2D eigenvalue weighted by molar-refractivity contribution is 0.0705. The van der Waals surface area contributed by atoms with E-state index in [9.17, 15) is 4.79 Å². The third-order valence-corrected chi connectivity index (χ3v) is 6.39. The molecule has 0 unspecified atom stereocenters. The summed E-state index contributed by atoms with van der Waals surface area (Å²) in [6.45, 7) is 4.41. The Bertz CT molecular complexity index is 682. The van der Waals surface area contributed by atoms with Crippen LogP contribution in [0.5, 0.6) is 0 Å². The molecule has 2 N–H and O–H groups in total. The first-order valence-electron chi connectivity index (χ1n) is 9.06. The molecule has 0 atom stereocenters. The lowest BCUT2D eigenvalue weighted by atomic mass is 9.69. The quantitative estimate of drug-likeness (QED) is 0.642. The molecule has 5 aliphatic rings. The minimum absolute atomic E-state index is 0.431. The molecule has 1 amide bonds. The van der Waals surface area contributed by atoms with Gasteiger partial charge in [-0.15, -0.1) is 0 Å². The van der Waals surface area contributed by atoms with E-state index in [-0.39, 0.29) is 0 Å². The van der Waals surface area contributed by atoms with E-state index >= 15 is 0 Å². The zero-order valence-corrected chi connectivity index (χ0v) is 13.9. The Hall–Kier alpha value is -1.50. The van der Waals surface area contributed by atoms with E-state index in [2.05, 4.69) is 14.8 Å². The van der Waals surface area contributed by atoms with Crippen LogP contribution in [0, 0.1) is 5.41 Å². The highest BCUT2D eigenvalue weighted by Crippen LogP contribution is 2.55. The lowest BCUT2D eigenvalue weighted by Crippen LogP contribution is -2.45. The van der Waals surface area contributed by atoms with Crippen molar-refractivity contribution in [3.63, 3.8) is 0 Å². The SMILES string of the molecule is O=C(NO)c1cnc2c(c1)CCN(CC13CC(C1)N(C1CC1)C3)C2. The molecule has 4 heterocycles. The number of amides is 1. The molecule has 0 spiro atoms. The molecule has 0 radical (unpaired) electrons. The summed E-state index contributed by atoms with van der Waals surface area (Å²) >= 11 is 0. The Morgan fingerprint density at radius 3 is 2.96 bits per heavy atom. The Balaban J connectivity index is 1.25. The van der Waals surface area contributed by atoms with Gasteiger partial charge in [0.25, 0.3) is 5.91 Å². The van der Waals surface area contributed by atoms with Crippen molar-refractivity contribution in [2.45, 2.75) is 50.7 Å². The normalized spacial score (nSPS) is 32.3. The summed E-state index contributed by atoms with van der Waals surface area (Å²) in [5, 5.41) is 8.75. The van der Waals surface area contributed by atoms with Crippen LogP contribution >= 0.6 is 0 Å². The number of hydrogen-bond donors (Lipinski definition) is 2. The number of hydroxylamine groups is 1. The number of carbonyl (C=O) groups excluding carboxylic acids is 1. The van der Waals surface area contributed by atoms with Crippen molar-refractivity contribution >= 4 is 5.91 Å². The summed E-state index contributed by atoms with van der Waals surface area (Å²) in [4.78, 5) is 21.3. The van der Waals surface area contributed by atoms with Crippen LogP contribution < -0.4 is 5.48 Å². The molecule has 0 aromatic carbocycles. The molecule has 2 aliphatic carbocycles.